The van der Waals surface area contributed by atoms with Crippen molar-refractivity contribution in [1.29, 1.82) is 0 Å². The normalized spacial score (nSPS) is 11.1. The van der Waals surface area contributed by atoms with E-state index in [4.69, 9.17) is 0 Å². The molecule has 0 unspecified atom stereocenters. The molecule has 0 radical (unpaired) electrons. The lowest BCUT2D eigenvalue weighted by atomic mass is 10.2. The van der Waals surface area contributed by atoms with Crippen LogP contribution in [-0.2, 0) is 0 Å². The molecule has 0 bridgehead atoms. The van der Waals surface area contributed by atoms with Gasteiger partial charge in [-0.1, -0.05) is 12.1 Å². The van der Waals surface area contributed by atoms with Crippen molar-refractivity contribution in [2.75, 3.05) is 10.6 Å². The molecule has 0 aliphatic rings. The second-order valence-corrected chi connectivity index (χ2v) is 7.02. The first-order valence-electron chi connectivity index (χ1n) is 8.41. The predicted molar refractivity (Wildman–Crippen MR) is 109 cm³/mol. The molecule has 0 saturated heterocycles. The van der Waals surface area contributed by atoms with Gasteiger partial charge >= 0.3 is 0 Å². The van der Waals surface area contributed by atoms with Crippen molar-refractivity contribution in [3.63, 3.8) is 0 Å². The Labute approximate surface area is 158 Å². The number of anilines is 4. The SMILES string of the molecule is Cc1cc(Nc2nc(Nc3ccc4ncsc4c3)nc3ccccc23)n[nH]1. The topological polar surface area (TPSA) is 91.4 Å². The minimum atomic E-state index is 0.521. The summed E-state index contributed by atoms with van der Waals surface area (Å²) in [5.74, 6) is 1.94. The molecule has 2 aromatic carbocycles. The van der Waals surface area contributed by atoms with Crippen molar-refractivity contribution in [1.82, 2.24) is 25.1 Å². The summed E-state index contributed by atoms with van der Waals surface area (Å²) in [6.45, 7) is 1.96. The van der Waals surface area contributed by atoms with Crippen LogP contribution in [0.3, 0.4) is 0 Å². The highest BCUT2D eigenvalue weighted by atomic mass is 32.1. The molecular weight excluding hydrogens is 358 g/mol. The molecule has 3 heterocycles. The lowest BCUT2D eigenvalue weighted by Gasteiger charge is -2.10. The van der Waals surface area contributed by atoms with E-state index in [1.54, 1.807) is 11.3 Å². The zero-order chi connectivity index (χ0) is 18.2. The number of aryl methyl sites for hydroxylation is 1. The van der Waals surface area contributed by atoms with Gasteiger partial charge in [0.2, 0.25) is 5.95 Å². The van der Waals surface area contributed by atoms with Crippen LogP contribution in [0.2, 0.25) is 0 Å². The zero-order valence-corrected chi connectivity index (χ0v) is 15.2. The van der Waals surface area contributed by atoms with Crippen LogP contribution in [-0.4, -0.2) is 25.1 Å². The number of benzene rings is 2. The second-order valence-electron chi connectivity index (χ2n) is 6.13. The first-order chi connectivity index (χ1) is 13.2. The largest absolute Gasteiger partial charge is 0.324 e. The molecule has 27 heavy (non-hydrogen) atoms. The average molecular weight is 373 g/mol. The first-order valence-corrected chi connectivity index (χ1v) is 9.29. The number of rotatable bonds is 4. The van der Waals surface area contributed by atoms with Crippen molar-refractivity contribution < 1.29 is 0 Å². The highest BCUT2D eigenvalue weighted by molar-refractivity contribution is 7.16. The van der Waals surface area contributed by atoms with Crippen LogP contribution in [0.4, 0.5) is 23.3 Å². The Bertz CT molecular complexity index is 1260. The van der Waals surface area contributed by atoms with Crippen molar-refractivity contribution in [3.05, 3.63) is 59.7 Å². The maximum atomic E-state index is 4.67. The minimum Gasteiger partial charge on any atom is -0.324 e. The van der Waals surface area contributed by atoms with Crippen LogP contribution < -0.4 is 10.6 Å². The molecule has 5 rings (SSSR count). The number of nitrogens with zero attached hydrogens (tertiary/aromatic N) is 4. The molecule has 5 aromatic rings. The predicted octanol–water partition coefficient (Wildman–Crippen LogP) is 4.76. The highest BCUT2D eigenvalue weighted by Crippen LogP contribution is 2.27. The lowest BCUT2D eigenvalue weighted by Crippen LogP contribution is -2.02. The summed E-state index contributed by atoms with van der Waals surface area (Å²) in [4.78, 5) is 13.6. The maximum Gasteiger partial charge on any atom is 0.229 e. The summed E-state index contributed by atoms with van der Waals surface area (Å²) in [6.07, 6.45) is 0. The van der Waals surface area contributed by atoms with Gasteiger partial charge in [-0.3, -0.25) is 5.10 Å². The molecule has 3 aromatic heterocycles. The van der Waals surface area contributed by atoms with Crippen LogP contribution in [0, 0.1) is 6.92 Å². The summed E-state index contributed by atoms with van der Waals surface area (Å²) < 4.78 is 1.12. The summed E-state index contributed by atoms with van der Waals surface area (Å²) >= 11 is 1.61. The highest BCUT2D eigenvalue weighted by Gasteiger charge is 2.10. The standard InChI is InChI=1S/C19H15N7S/c1-11-8-17(26-25-11)23-18-13-4-2-3-5-14(13)22-19(24-18)21-12-6-7-15-16(9-12)27-10-20-15/h2-10H,1H3,(H3,21,22,23,24,25,26). The van der Waals surface area contributed by atoms with E-state index < -0.39 is 0 Å². The van der Waals surface area contributed by atoms with Gasteiger partial charge in [0.25, 0.3) is 0 Å². The van der Waals surface area contributed by atoms with Gasteiger partial charge in [0.1, 0.15) is 5.82 Å². The van der Waals surface area contributed by atoms with Crippen molar-refractivity contribution in [2.45, 2.75) is 6.92 Å². The molecule has 0 aliphatic carbocycles. The number of H-pyrrole nitrogens is 1. The van der Waals surface area contributed by atoms with Crippen LogP contribution in [0.15, 0.2) is 54.0 Å². The third-order valence-electron chi connectivity index (χ3n) is 4.14. The van der Waals surface area contributed by atoms with Crippen LogP contribution >= 0.6 is 11.3 Å². The Kier molecular flexibility index (Phi) is 3.68. The maximum absolute atomic E-state index is 4.67. The van der Waals surface area contributed by atoms with Gasteiger partial charge in [0, 0.05) is 22.8 Å². The van der Waals surface area contributed by atoms with Crippen molar-refractivity contribution in [2.24, 2.45) is 0 Å². The molecule has 0 fully saturated rings. The fourth-order valence-electron chi connectivity index (χ4n) is 2.89. The van der Waals surface area contributed by atoms with E-state index in [9.17, 15) is 0 Å². The summed E-state index contributed by atoms with van der Waals surface area (Å²) in [5.41, 5.74) is 5.58. The van der Waals surface area contributed by atoms with Crippen molar-refractivity contribution >= 4 is 55.7 Å². The Morgan fingerprint density at radius 3 is 2.78 bits per heavy atom. The third kappa shape index (κ3) is 3.06. The van der Waals surface area contributed by atoms with Crippen molar-refractivity contribution in [3.8, 4) is 0 Å². The average Bonchev–Trinajstić information content (AvgIpc) is 3.30. The van der Waals surface area contributed by atoms with E-state index in [0.29, 0.717) is 17.6 Å². The molecule has 0 atom stereocenters. The summed E-state index contributed by atoms with van der Waals surface area (Å²) in [6, 6.07) is 15.8. The third-order valence-corrected chi connectivity index (χ3v) is 4.93. The number of aromatic nitrogens is 5. The molecule has 0 amide bonds. The molecular formula is C19H15N7S. The Morgan fingerprint density at radius 1 is 0.963 bits per heavy atom. The number of aromatic amines is 1. The van der Waals surface area contributed by atoms with Crippen LogP contribution in [0.5, 0.6) is 0 Å². The Hall–Kier alpha value is -3.52. The fourth-order valence-corrected chi connectivity index (χ4v) is 3.61. The zero-order valence-electron chi connectivity index (χ0n) is 14.4. The van der Waals surface area contributed by atoms with E-state index in [2.05, 4.69) is 41.8 Å². The van der Waals surface area contributed by atoms with Gasteiger partial charge in [0.05, 0.1) is 21.2 Å². The lowest BCUT2D eigenvalue weighted by molar-refractivity contribution is 1.05. The van der Waals surface area contributed by atoms with Gasteiger partial charge in [-0.2, -0.15) is 10.1 Å². The Balaban J connectivity index is 1.55. The van der Waals surface area contributed by atoms with E-state index in [1.165, 1.54) is 0 Å². The van der Waals surface area contributed by atoms with Gasteiger partial charge in [-0.15, -0.1) is 11.3 Å². The van der Waals surface area contributed by atoms with E-state index >= 15 is 0 Å². The van der Waals surface area contributed by atoms with Gasteiger partial charge in [0.15, 0.2) is 5.82 Å². The monoisotopic (exact) mass is 373 g/mol. The smallest absolute Gasteiger partial charge is 0.229 e. The van der Waals surface area contributed by atoms with Crippen LogP contribution in [0.25, 0.3) is 21.1 Å². The van der Waals surface area contributed by atoms with Crippen LogP contribution in [0.1, 0.15) is 5.69 Å². The number of thiazole rings is 1. The molecule has 0 spiro atoms. The molecule has 0 saturated carbocycles. The van der Waals surface area contributed by atoms with E-state index in [0.717, 1.165) is 32.5 Å². The number of para-hydroxylation sites is 1. The number of hydrogen-bond donors (Lipinski definition) is 3. The van der Waals surface area contributed by atoms with Gasteiger partial charge < -0.3 is 10.6 Å². The number of hydrogen-bond acceptors (Lipinski definition) is 7. The number of nitrogens with one attached hydrogen (secondary N) is 3. The van der Waals surface area contributed by atoms with E-state index in [-0.39, 0.29) is 0 Å². The minimum absolute atomic E-state index is 0.521. The molecule has 7 nitrogen and oxygen atoms in total. The molecule has 8 heteroatoms. The van der Waals surface area contributed by atoms with E-state index in [1.807, 2.05) is 54.9 Å². The first kappa shape index (κ1) is 15.7. The molecule has 3 N–H and O–H groups in total. The number of fused-ring (bicyclic) bond motifs is 2. The molecule has 0 aliphatic heterocycles. The fraction of sp³-hybridized carbons (Fsp3) is 0.0526. The van der Waals surface area contributed by atoms with Gasteiger partial charge in [-0.05, 0) is 37.3 Å². The summed E-state index contributed by atoms with van der Waals surface area (Å²) in [7, 11) is 0. The quantitative estimate of drug-likeness (QED) is 0.421. The molecule has 132 valence electrons. The second kappa shape index (κ2) is 6.33. The Morgan fingerprint density at radius 2 is 1.89 bits per heavy atom. The summed E-state index contributed by atoms with van der Waals surface area (Å²) in [5, 5.41) is 14.7. The van der Waals surface area contributed by atoms with Gasteiger partial charge in [-0.25, -0.2) is 9.97 Å².